The Morgan fingerprint density at radius 3 is 2.61 bits per heavy atom. The zero-order valence-corrected chi connectivity index (χ0v) is 18.5. The van der Waals surface area contributed by atoms with Crippen molar-refractivity contribution in [1.29, 1.82) is 0 Å². The molecular formula is C21H15Br2ClN2O2. The quantitative estimate of drug-likeness (QED) is 0.309. The van der Waals surface area contributed by atoms with E-state index < -0.39 is 0 Å². The first-order valence-corrected chi connectivity index (χ1v) is 10.2. The number of halogens is 3. The Bertz CT molecular complexity index is 1010. The molecule has 1 amide bonds. The molecule has 0 aliphatic rings. The lowest BCUT2D eigenvalue weighted by Gasteiger charge is -2.12. The Kier molecular flexibility index (Phi) is 7.25. The molecule has 0 aliphatic heterocycles. The molecule has 28 heavy (non-hydrogen) atoms. The number of hydrogen-bond acceptors (Lipinski definition) is 3. The second-order valence-corrected chi connectivity index (χ2v) is 8.00. The van der Waals surface area contributed by atoms with Gasteiger partial charge >= 0.3 is 0 Å². The van der Waals surface area contributed by atoms with Gasteiger partial charge < -0.3 is 4.74 Å². The first-order chi connectivity index (χ1) is 13.5. The maximum Gasteiger partial charge on any atom is 0.271 e. The van der Waals surface area contributed by atoms with Gasteiger partial charge in [0.1, 0.15) is 12.4 Å². The lowest BCUT2D eigenvalue weighted by atomic mass is 10.2. The predicted molar refractivity (Wildman–Crippen MR) is 119 cm³/mol. The Morgan fingerprint density at radius 1 is 1.07 bits per heavy atom. The van der Waals surface area contributed by atoms with Gasteiger partial charge in [0, 0.05) is 20.6 Å². The van der Waals surface area contributed by atoms with Gasteiger partial charge in [-0.25, -0.2) is 5.43 Å². The van der Waals surface area contributed by atoms with Gasteiger partial charge in [-0.15, -0.1) is 0 Å². The van der Waals surface area contributed by atoms with Crippen LogP contribution in [0.3, 0.4) is 0 Å². The van der Waals surface area contributed by atoms with Crippen molar-refractivity contribution in [3.8, 4) is 5.75 Å². The molecule has 3 aromatic rings. The molecule has 0 spiro atoms. The third kappa shape index (κ3) is 5.67. The Balaban J connectivity index is 1.75. The minimum atomic E-state index is -0.348. The van der Waals surface area contributed by atoms with E-state index in [1.165, 1.54) is 6.21 Å². The van der Waals surface area contributed by atoms with Crippen LogP contribution in [0.2, 0.25) is 5.02 Å². The minimum Gasteiger partial charge on any atom is -0.487 e. The lowest BCUT2D eigenvalue weighted by Crippen LogP contribution is -2.17. The van der Waals surface area contributed by atoms with Crippen LogP contribution in [0.15, 0.2) is 80.8 Å². The smallest absolute Gasteiger partial charge is 0.271 e. The highest BCUT2D eigenvalue weighted by molar-refractivity contribution is 9.11. The molecule has 4 nitrogen and oxygen atoms in total. The molecule has 0 aliphatic carbocycles. The maximum absolute atomic E-state index is 12.2. The molecule has 142 valence electrons. The van der Waals surface area contributed by atoms with Crippen molar-refractivity contribution in [3.05, 3.63) is 97.4 Å². The van der Waals surface area contributed by atoms with Crippen molar-refractivity contribution in [2.45, 2.75) is 6.61 Å². The van der Waals surface area contributed by atoms with E-state index in [0.29, 0.717) is 28.5 Å². The highest BCUT2D eigenvalue weighted by Crippen LogP contribution is 2.32. The van der Waals surface area contributed by atoms with Crippen molar-refractivity contribution in [1.82, 2.24) is 5.43 Å². The number of carbonyl (C=O) groups excluding carboxylic acids is 1. The fourth-order valence-electron chi connectivity index (χ4n) is 2.41. The summed E-state index contributed by atoms with van der Waals surface area (Å²) in [4.78, 5) is 12.2. The van der Waals surface area contributed by atoms with Crippen LogP contribution in [0.4, 0.5) is 0 Å². The van der Waals surface area contributed by atoms with Crippen LogP contribution in [-0.2, 0) is 6.61 Å². The molecule has 0 saturated carbocycles. The van der Waals surface area contributed by atoms with Crippen molar-refractivity contribution < 1.29 is 9.53 Å². The van der Waals surface area contributed by atoms with E-state index in [-0.39, 0.29) is 5.91 Å². The van der Waals surface area contributed by atoms with Crippen LogP contribution in [0.1, 0.15) is 21.5 Å². The predicted octanol–water partition coefficient (Wildman–Crippen LogP) is 6.21. The molecule has 3 rings (SSSR count). The number of hydrazone groups is 1. The van der Waals surface area contributed by atoms with E-state index in [9.17, 15) is 4.79 Å². The van der Waals surface area contributed by atoms with E-state index in [1.54, 1.807) is 24.3 Å². The molecule has 0 heterocycles. The van der Waals surface area contributed by atoms with E-state index >= 15 is 0 Å². The van der Waals surface area contributed by atoms with Gasteiger partial charge in [-0.2, -0.15) is 5.10 Å². The molecule has 0 atom stereocenters. The number of hydrogen-bond donors (Lipinski definition) is 1. The summed E-state index contributed by atoms with van der Waals surface area (Å²) in [5.74, 6) is 0.285. The van der Waals surface area contributed by atoms with Gasteiger partial charge in [0.25, 0.3) is 5.91 Å². The van der Waals surface area contributed by atoms with Gasteiger partial charge in [-0.1, -0.05) is 63.9 Å². The lowest BCUT2D eigenvalue weighted by molar-refractivity contribution is 0.0955. The van der Waals surface area contributed by atoms with Gasteiger partial charge in [0.05, 0.1) is 10.7 Å². The number of ether oxygens (including phenoxy) is 1. The second kappa shape index (κ2) is 9.87. The van der Waals surface area contributed by atoms with Crippen molar-refractivity contribution in [2.24, 2.45) is 5.10 Å². The van der Waals surface area contributed by atoms with Crippen molar-refractivity contribution in [3.63, 3.8) is 0 Å². The largest absolute Gasteiger partial charge is 0.487 e. The molecule has 0 saturated heterocycles. The van der Waals surface area contributed by atoms with E-state index in [4.69, 9.17) is 16.3 Å². The normalized spacial score (nSPS) is 10.8. The topological polar surface area (TPSA) is 50.7 Å². The molecular weight excluding hydrogens is 508 g/mol. The molecule has 3 aromatic carbocycles. The molecule has 0 radical (unpaired) electrons. The zero-order chi connectivity index (χ0) is 19.9. The first-order valence-electron chi connectivity index (χ1n) is 8.27. The van der Waals surface area contributed by atoms with Crippen LogP contribution < -0.4 is 10.2 Å². The Labute approximate surface area is 184 Å². The van der Waals surface area contributed by atoms with Gasteiger partial charge in [-0.3, -0.25) is 4.79 Å². The third-order valence-corrected chi connectivity index (χ3v) is 5.00. The Hall–Kier alpha value is -2.15. The van der Waals surface area contributed by atoms with Crippen LogP contribution in [0.5, 0.6) is 5.75 Å². The summed E-state index contributed by atoms with van der Waals surface area (Å²) in [6.45, 7) is 0.413. The summed E-state index contributed by atoms with van der Waals surface area (Å²) < 4.78 is 7.61. The average Bonchev–Trinajstić information content (AvgIpc) is 2.68. The Morgan fingerprint density at radius 2 is 1.86 bits per heavy atom. The van der Waals surface area contributed by atoms with Crippen LogP contribution in [0, 0.1) is 0 Å². The summed E-state index contributed by atoms with van der Waals surface area (Å²) in [6, 6.07) is 20.3. The highest BCUT2D eigenvalue weighted by Gasteiger charge is 2.10. The standard InChI is InChI=1S/C21H15Br2ClN2O2/c22-17-9-16(12-25-26-21(27)15-7-4-8-18(24)10-15)20(19(23)11-17)28-13-14-5-2-1-3-6-14/h1-12H,13H2,(H,26,27)/b25-12-. The highest BCUT2D eigenvalue weighted by atomic mass is 79.9. The zero-order valence-electron chi connectivity index (χ0n) is 14.5. The summed E-state index contributed by atoms with van der Waals surface area (Å²) >= 11 is 12.9. The minimum absolute atomic E-state index is 0.348. The monoisotopic (exact) mass is 520 g/mol. The summed E-state index contributed by atoms with van der Waals surface area (Å²) in [5, 5.41) is 4.55. The number of benzene rings is 3. The molecule has 0 unspecified atom stereocenters. The maximum atomic E-state index is 12.2. The van der Waals surface area contributed by atoms with E-state index in [0.717, 1.165) is 14.5 Å². The van der Waals surface area contributed by atoms with Crippen molar-refractivity contribution >= 4 is 55.6 Å². The average molecular weight is 523 g/mol. The number of rotatable bonds is 6. The fourth-order valence-corrected chi connectivity index (χ4v) is 3.98. The van der Waals surface area contributed by atoms with Gasteiger partial charge in [-0.05, 0) is 51.8 Å². The third-order valence-electron chi connectivity index (χ3n) is 3.72. The van der Waals surface area contributed by atoms with Crippen LogP contribution in [-0.4, -0.2) is 12.1 Å². The number of amides is 1. The number of nitrogens with one attached hydrogen (secondary N) is 1. The van der Waals surface area contributed by atoms with E-state index in [2.05, 4.69) is 42.4 Å². The van der Waals surface area contributed by atoms with Gasteiger partial charge in [0.2, 0.25) is 0 Å². The van der Waals surface area contributed by atoms with E-state index in [1.807, 2.05) is 42.5 Å². The van der Waals surface area contributed by atoms with Crippen molar-refractivity contribution in [2.75, 3.05) is 0 Å². The second-order valence-electron chi connectivity index (χ2n) is 5.79. The molecule has 1 N–H and O–H groups in total. The summed E-state index contributed by atoms with van der Waals surface area (Å²) in [5.41, 5.74) is 4.69. The first kappa shape index (κ1) is 20.6. The fraction of sp³-hybridized carbons (Fsp3) is 0.0476. The number of nitrogens with zero attached hydrogens (tertiary/aromatic N) is 1. The molecule has 0 aromatic heterocycles. The van der Waals surface area contributed by atoms with Gasteiger partial charge in [0.15, 0.2) is 0 Å². The van der Waals surface area contributed by atoms with Crippen LogP contribution in [0.25, 0.3) is 0 Å². The van der Waals surface area contributed by atoms with Crippen LogP contribution >= 0.6 is 43.5 Å². The SMILES string of the molecule is O=C(N/N=C\c1cc(Br)cc(Br)c1OCc1ccccc1)c1cccc(Cl)c1. The molecule has 0 fully saturated rings. The number of carbonyl (C=O) groups is 1. The summed E-state index contributed by atoms with van der Waals surface area (Å²) in [7, 11) is 0. The molecule has 0 bridgehead atoms. The summed E-state index contributed by atoms with van der Waals surface area (Å²) in [6.07, 6.45) is 1.54. The molecule has 7 heteroatoms.